The topological polar surface area (TPSA) is 0 Å². The predicted octanol–water partition coefficient (Wildman–Crippen LogP) is 4.55. The van der Waals surface area contributed by atoms with Crippen LogP contribution in [0.15, 0.2) is 0 Å². The molecule has 0 aromatic heterocycles. The van der Waals surface area contributed by atoms with Crippen LogP contribution >= 0.6 is 0 Å². The van der Waals surface area contributed by atoms with Gasteiger partial charge < -0.3 is 7.43 Å². The van der Waals surface area contributed by atoms with Crippen LogP contribution in [-0.2, 0) is 131 Å². The van der Waals surface area contributed by atoms with Gasteiger partial charge >= 0.3 is 0 Å². The van der Waals surface area contributed by atoms with Crippen molar-refractivity contribution in [1.82, 2.24) is 0 Å². The van der Waals surface area contributed by atoms with Gasteiger partial charge in [-0.15, -0.1) is 0 Å². The van der Waals surface area contributed by atoms with E-state index in [4.69, 9.17) is 0 Å². The van der Waals surface area contributed by atoms with Crippen LogP contribution in [0.3, 0.4) is 0 Å². The van der Waals surface area contributed by atoms with Gasteiger partial charge in [0.2, 0.25) is 0 Å². The molecule has 0 amide bonds. The van der Waals surface area contributed by atoms with E-state index in [2.05, 4.69) is 34.6 Å². The summed E-state index contributed by atoms with van der Waals surface area (Å²) in [7, 11) is 0. The minimum absolute atomic E-state index is 0. The maximum Gasteiger partial charge on any atom is 0 e. The van der Waals surface area contributed by atoms with Gasteiger partial charge in [0.15, 0.2) is 0 Å². The first kappa shape index (κ1) is 51.5. The fraction of sp³-hybridized carbons (Fsp3) is 0.900. The average Bonchev–Trinajstić information content (AvgIpc) is 1.71. The first-order chi connectivity index (χ1) is 4.15. The second-order valence-electron chi connectivity index (χ2n) is 2.44. The van der Waals surface area contributed by atoms with E-state index in [0.29, 0.717) is 0 Å². The zero-order valence-corrected chi connectivity index (χ0v) is 22.9. The average molecular weight is 503 g/mol. The van der Waals surface area contributed by atoms with Gasteiger partial charge in [-0.2, -0.15) is 0 Å². The van der Waals surface area contributed by atoms with E-state index in [1.165, 1.54) is 6.42 Å². The monoisotopic (exact) mass is 503 g/mol. The molecule has 4 heteroatoms. The summed E-state index contributed by atoms with van der Waals surface area (Å²) in [4.78, 5) is 0. The van der Waals surface area contributed by atoms with E-state index < -0.39 is 0 Å². The van der Waals surface area contributed by atoms with E-state index in [9.17, 15) is 0 Å². The van der Waals surface area contributed by atoms with Gasteiger partial charge in [0.1, 0.15) is 0 Å². The molecule has 0 aliphatic rings. The van der Waals surface area contributed by atoms with E-state index in [1.807, 2.05) is 13.8 Å². The van der Waals surface area contributed by atoms with Crippen molar-refractivity contribution in [2.24, 2.45) is 5.92 Å². The largest absolute Gasteiger partial charge is 0.358 e. The first-order valence-corrected chi connectivity index (χ1v) is 4.15. The summed E-state index contributed by atoms with van der Waals surface area (Å²) in [5.41, 5.74) is 0. The molecule has 0 bridgehead atoms. The molecule has 0 aliphatic carbocycles. The zero-order valence-electron chi connectivity index (χ0n) is 11.6. The fourth-order valence-electron chi connectivity index (χ4n) is 0. The Morgan fingerprint density at radius 1 is 0.714 bits per heavy atom. The van der Waals surface area contributed by atoms with Crippen molar-refractivity contribution in [1.29, 1.82) is 0 Å². The third-order valence-electron chi connectivity index (χ3n) is 0. The van der Waals surface area contributed by atoms with E-state index >= 15 is 0 Å². The van der Waals surface area contributed by atoms with Crippen molar-refractivity contribution in [3.63, 3.8) is 0 Å². The molecular weight excluding hydrogens is 476 g/mol. The molecule has 0 heterocycles. The summed E-state index contributed by atoms with van der Waals surface area (Å²) in [6, 6.07) is 0. The molecule has 0 unspecified atom stereocenters. The molecule has 80 valence electrons. The molecule has 4 radical (unpaired) electrons. The molecule has 0 fully saturated rings. The predicted molar refractivity (Wildman–Crippen MR) is 54.2 cm³/mol. The Morgan fingerprint density at radius 2 is 0.714 bits per heavy atom. The van der Waals surface area contributed by atoms with E-state index in [0.717, 1.165) is 5.92 Å². The van der Waals surface area contributed by atoms with Gasteiger partial charge in [0.25, 0.3) is 0 Å². The van der Waals surface area contributed by atoms with Crippen LogP contribution in [0.25, 0.3) is 0 Å². The maximum atomic E-state index is 2.17. The SMILES string of the molecule is CC.CC(C)C.CCC.[CH3-].[Y].[Y].[Y].[Y]. The smallest absolute Gasteiger partial charge is 0 e. The molecule has 0 saturated carbocycles. The van der Waals surface area contributed by atoms with Crippen LogP contribution in [0.5, 0.6) is 0 Å². The summed E-state index contributed by atoms with van der Waals surface area (Å²) in [5.74, 6) is 0.833. The summed E-state index contributed by atoms with van der Waals surface area (Å²) >= 11 is 0. The standard InChI is InChI=1S/C4H10.C3H8.C2H6.CH3.4Y/c1-4(2)3;1-3-2;1-2;;;;;/h4H,1-3H3;3H2,1-2H3;1-2H3;1H3;;;;/q;;;-1;;;;. The van der Waals surface area contributed by atoms with Crippen LogP contribution in [0, 0.1) is 13.3 Å². The molecule has 0 saturated heterocycles. The van der Waals surface area contributed by atoms with Gasteiger partial charge in [-0.3, -0.25) is 0 Å². The Balaban J connectivity index is -0.00000000565. The van der Waals surface area contributed by atoms with Crippen molar-refractivity contribution in [3.8, 4) is 0 Å². The van der Waals surface area contributed by atoms with Crippen LogP contribution in [0.2, 0.25) is 0 Å². The fourth-order valence-corrected chi connectivity index (χ4v) is 0. The molecule has 0 aliphatic heterocycles. The molecule has 0 spiro atoms. The quantitative estimate of drug-likeness (QED) is 0.427. The second-order valence-corrected chi connectivity index (χ2v) is 2.44. The van der Waals surface area contributed by atoms with Crippen LogP contribution in [0.1, 0.15) is 54.9 Å². The maximum absolute atomic E-state index is 2.17. The summed E-state index contributed by atoms with van der Waals surface area (Å²) in [6.07, 6.45) is 1.25. The Labute approximate surface area is 195 Å². The minimum atomic E-state index is 0. The minimum Gasteiger partial charge on any atom is -0.358 e. The molecular formula is C10H27Y4-. The number of rotatable bonds is 0. The molecule has 0 N–H and O–H groups in total. The summed E-state index contributed by atoms with van der Waals surface area (Å²) in [6.45, 7) is 14.7. The van der Waals surface area contributed by atoms with Crippen LogP contribution < -0.4 is 0 Å². The van der Waals surface area contributed by atoms with Gasteiger partial charge in [-0.1, -0.05) is 54.9 Å². The van der Waals surface area contributed by atoms with E-state index in [1.54, 1.807) is 0 Å². The van der Waals surface area contributed by atoms with Gasteiger partial charge in [0.05, 0.1) is 0 Å². The normalized spacial score (nSPS) is 4.29. The van der Waals surface area contributed by atoms with Crippen molar-refractivity contribution in [3.05, 3.63) is 7.43 Å². The van der Waals surface area contributed by atoms with Gasteiger partial charge in [-0.05, 0) is 5.92 Å². The zero-order chi connectivity index (χ0) is 8.28. The summed E-state index contributed by atoms with van der Waals surface area (Å²) < 4.78 is 0. The van der Waals surface area contributed by atoms with Gasteiger partial charge in [-0.25, -0.2) is 0 Å². The third kappa shape index (κ3) is 200. The molecule has 0 atom stereocenters. The molecule has 14 heavy (non-hydrogen) atoms. The van der Waals surface area contributed by atoms with Crippen molar-refractivity contribution in [2.75, 3.05) is 0 Å². The Morgan fingerprint density at radius 3 is 0.714 bits per heavy atom. The Hall–Kier alpha value is 4.42. The number of hydrogen-bond acceptors (Lipinski definition) is 0. The van der Waals surface area contributed by atoms with Crippen LogP contribution in [-0.4, -0.2) is 0 Å². The number of hydrogen-bond donors (Lipinski definition) is 0. The van der Waals surface area contributed by atoms with Crippen molar-refractivity contribution >= 4 is 0 Å². The van der Waals surface area contributed by atoms with Crippen LogP contribution in [0.4, 0.5) is 0 Å². The van der Waals surface area contributed by atoms with Crippen molar-refractivity contribution in [2.45, 2.75) is 54.9 Å². The molecule has 0 aromatic carbocycles. The first-order valence-electron chi connectivity index (χ1n) is 4.15. The Kier molecular flexibility index (Phi) is 244. The van der Waals surface area contributed by atoms with Gasteiger partial charge in [0, 0.05) is 131 Å². The third-order valence-corrected chi connectivity index (χ3v) is 0. The second kappa shape index (κ2) is 66.3. The van der Waals surface area contributed by atoms with Crippen molar-refractivity contribution < 1.29 is 131 Å². The summed E-state index contributed by atoms with van der Waals surface area (Å²) in [5, 5.41) is 0. The molecule has 0 rings (SSSR count). The van der Waals surface area contributed by atoms with E-state index in [-0.39, 0.29) is 138 Å². The molecule has 0 aromatic rings. The Bertz CT molecular complexity index is 23.3. The molecule has 0 nitrogen and oxygen atoms in total.